The van der Waals surface area contributed by atoms with E-state index in [2.05, 4.69) is 15.2 Å². The summed E-state index contributed by atoms with van der Waals surface area (Å²) in [5.74, 6) is 0. The number of nitrogens with zero attached hydrogens (tertiary/aromatic N) is 3. The first-order valence-corrected chi connectivity index (χ1v) is 3.40. The zero-order chi connectivity index (χ0) is 7.68. The number of rotatable bonds is 0. The fourth-order valence-corrected chi connectivity index (χ4v) is 1.07. The predicted molar refractivity (Wildman–Crippen MR) is 42.1 cm³/mol. The van der Waals surface area contributed by atoms with Gasteiger partial charge in [0.1, 0.15) is 0 Å². The molecule has 0 bridgehead atoms. The minimum Gasteiger partial charge on any atom is -0.264 e. The number of aromatic nitrogens is 3. The van der Waals surface area contributed by atoms with Gasteiger partial charge in [-0.3, -0.25) is 4.98 Å². The van der Waals surface area contributed by atoms with E-state index in [0.29, 0.717) is 0 Å². The van der Waals surface area contributed by atoms with Crippen LogP contribution in [0.1, 0.15) is 5.69 Å². The maximum atomic E-state index is 3.99. The normalized spacial score (nSPS) is 10.3. The first-order valence-electron chi connectivity index (χ1n) is 3.40. The van der Waals surface area contributed by atoms with Crippen LogP contribution in [0.3, 0.4) is 0 Å². The summed E-state index contributed by atoms with van der Waals surface area (Å²) in [6, 6.07) is 1.94. The van der Waals surface area contributed by atoms with Gasteiger partial charge >= 0.3 is 0 Å². The second kappa shape index (κ2) is 2.27. The van der Waals surface area contributed by atoms with Gasteiger partial charge in [-0.05, 0) is 13.0 Å². The largest absolute Gasteiger partial charge is 0.264 e. The lowest BCUT2D eigenvalue weighted by atomic mass is 10.2. The van der Waals surface area contributed by atoms with E-state index in [0.717, 1.165) is 16.5 Å². The van der Waals surface area contributed by atoms with E-state index < -0.39 is 0 Å². The molecule has 0 atom stereocenters. The van der Waals surface area contributed by atoms with E-state index in [1.807, 2.05) is 13.0 Å². The van der Waals surface area contributed by atoms with Gasteiger partial charge in [0.05, 0.1) is 11.9 Å². The number of pyridine rings is 1. The number of aryl methyl sites for hydroxylation is 1. The molecule has 3 heteroatoms. The Morgan fingerprint density at radius 2 is 2.18 bits per heavy atom. The third-order valence-corrected chi connectivity index (χ3v) is 1.65. The highest BCUT2D eigenvalue weighted by atomic mass is 15.1. The lowest BCUT2D eigenvalue weighted by Gasteiger charge is -1.96. The summed E-state index contributed by atoms with van der Waals surface area (Å²) in [5.41, 5.74) is 0.949. The number of hydrogen-bond donors (Lipinski definition) is 0. The summed E-state index contributed by atoms with van der Waals surface area (Å²) in [6.07, 6.45) is 5.27. The highest BCUT2D eigenvalue weighted by Gasteiger charge is 1.95. The van der Waals surface area contributed by atoms with E-state index in [-0.39, 0.29) is 0 Å². The zero-order valence-electron chi connectivity index (χ0n) is 6.15. The summed E-state index contributed by atoms with van der Waals surface area (Å²) in [5, 5.41) is 9.91. The van der Waals surface area contributed by atoms with Crippen molar-refractivity contribution in [1.29, 1.82) is 0 Å². The molecule has 0 aliphatic heterocycles. The molecule has 2 rings (SSSR count). The van der Waals surface area contributed by atoms with Crippen molar-refractivity contribution in [3.8, 4) is 0 Å². The summed E-state index contributed by atoms with van der Waals surface area (Å²) in [7, 11) is 0. The first-order chi connectivity index (χ1) is 5.38. The van der Waals surface area contributed by atoms with Crippen molar-refractivity contribution in [2.45, 2.75) is 6.92 Å². The van der Waals surface area contributed by atoms with Crippen molar-refractivity contribution >= 4 is 10.8 Å². The highest BCUT2D eigenvalue weighted by Crippen LogP contribution is 2.11. The molecule has 0 fully saturated rings. The van der Waals surface area contributed by atoms with Crippen LogP contribution < -0.4 is 0 Å². The number of fused-ring (bicyclic) bond motifs is 1. The monoisotopic (exact) mass is 145 g/mol. The molecule has 2 heterocycles. The predicted octanol–water partition coefficient (Wildman–Crippen LogP) is 1.33. The van der Waals surface area contributed by atoms with Gasteiger partial charge in [-0.15, -0.1) is 0 Å². The molecular weight excluding hydrogens is 138 g/mol. The van der Waals surface area contributed by atoms with Crippen LogP contribution in [-0.4, -0.2) is 15.2 Å². The Balaban J connectivity index is 2.91. The van der Waals surface area contributed by atoms with Crippen LogP contribution in [0.15, 0.2) is 24.7 Å². The molecule has 0 aliphatic carbocycles. The van der Waals surface area contributed by atoms with Crippen molar-refractivity contribution in [2.75, 3.05) is 0 Å². The Labute approximate surface area is 64.1 Å². The van der Waals surface area contributed by atoms with E-state index >= 15 is 0 Å². The maximum absolute atomic E-state index is 3.99. The molecule has 0 radical (unpaired) electrons. The maximum Gasteiger partial charge on any atom is 0.0679 e. The average Bonchev–Trinajstić information content (AvgIpc) is 2.06. The van der Waals surface area contributed by atoms with E-state index in [4.69, 9.17) is 0 Å². The average molecular weight is 145 g/mol. The van der Waals surface area contributed by atoms with Gasteiger partial charge in [0.2, 0.25) is 0 Å². The standard InChI is InChI=1S/C8H7N3/c1-6-8-2-3-9-4-7(8)5-10-11-6/h2-5H,1H3. The molecule has 0 N–H and O–H groups in total. The summed E-state index contributed by atoms with van der Waals surface area (Å²) >= 11 is 0. The van der Waals surface area contributed by atoms with Crippen molar-refractivity contribution in [3.63, 3.8) is 0 Å². The molecule has 2 aromatic rings. The second-order valence-electron chi connectivity index (χ2n) is 2.39. The molecule has 3 nitrogen and oxygen atoms in total. The Morgan fingerprint density at radius 1 is 1.27 bits per heavy atom. The molecule has 0 amide bonds. The molecule has 0 saturated heterocycles. The molecule has 11 heavy (non-hydrogen) atoms. The lowest BCUT2D eigenvalue weighted by molar-refractivity contribution is 1.00. The molecule has 54 valence electrons. The summed E-state index contributed by atoms with van der Waals surface area (Å²) < 4.78 is 0. The minimum absolute atomic E-state index is 0.949. The zero-order valence-corrected chi connectivity index (χ0v) is 6.15. The SMILES string of the molecule is Cc1nncc2cnccc12. The molecule has 2 aromatic heterocycles. The van der Waals surface area contributed by atoms with Crippen molar-refractivity contribution < 1.29 is 0 Å². The smallest absolute Gasteiger partial charge is 0.0679 e. The Kier molecular flexibility index (Phi) is 1.28. The molecular formula is C8H7N3. The van der Waals surface area contributed by atoms with Crippen LogP contribution in [0.25, 0.3) is 10.8 Å². The summed E-state index contributed by atoms with van der Waals surface area (Å²) in [6.45, 7) is 1.94. The van der Waals surface area contributed by atoms with Gasteiger partial charge in [-0.1, -0.05) is 0 Å². The fraction of sp³-hybridized carbons (Fsp3) is 0.125. The Hall–Kier alpha value is -1.51. The lowest BCUT2D eigenvalue weighted by Crippen LogP contribution is -1.87. The van der Waals surface area contributed by atoms with Crippen LogP contribution in [0, 0.1) is 6.92 Å². The molecule has 0 spiro atoms. The molecule has 0 saturated carbocycles. The van der Waals surface area contributed by atoms with Gasteiger partial charge in [-0.2, -0.15) is 10.2 Å². The van der Waals surface area contributed by atoms with Crippen molar-refractivity contribution in [1.82, 2.24) is 15.2 Å². The van der Waals surface area contributed by atoms with Gasteiger partial charge in [-0.25, -0.2) is 0 Å². The minimum atomic E-state index is 0.949. The van der Waals surface area contributed by atoms with Crippen LogP contribution in [0.4, 0.5) is 0 Å². The first kappa shape index (κ1) is 6.22. The van der Waals surface area contributed by atoms with Gasteiger partial charge in [0.25, 0.3) is 0 Å². The van der Waals surface area contributed by atoms with Gasteiger partial charge < -0.3 is 0 Å². The summed E-state index contributed by atoms with van der Waals surface area (Å²) in [4.78, 5) is 3.99. The molecule has 0 aliphatic rings. The Morgan fingerprint density at radius 3 is 3.00 bits per heavy atom. The van der Waals surface area contributed by atoms with E-state index in [1.165, 1.54) is 0 Å². The quantitative estimate of drug-likeness (QED) is 0.561. The second-order valence-corrected chi connectivity index (χ2v) is 2.39. The molecule has 0 unspecified atom stereocenters. The van der Waals surface area contributed by atoms with E-state index in [1.54, 1.807) is 18.6 Å². The van der Waals surface area contributed by atoms with E-state index in [9.17, 15) is 0 Å². The third kappa shape index (κ3) is 0.941. The van der Waals surface area contributed by atoms with Gasteiger partial charge in [0, 0.05) is 23.2 Å². The van der Waals surface area contributed by atoms with Crippen LogP contribution in [0.5, 0.6) is 0 Å². The fourth-order valence-electron chi connectivity index (χ4n) is 1.07. The number of hydrogen-bond acceptors (Lipinski definition) is 3. The molecule has 0 aromatic carbocycles. The topological polar surface area (TPSA) is 38.7 Å². The van der Waals surface area contributed by atoms with Gasteiger partial charge in [0.15, 0.2) is 0 Å². The highest BCUT2D eigenvalue weighted by molar-refractivity contribution is 5.82. The van der Waals surface area contributed by atoms with Crippen LogP contribution in [-0.2, 0) is 0 Å². The van der Waals surface area contributed by atoms with Crippen molar-refractivity contribution in [2.24, 2.45) is 0 Å². The van der Waals surface area contributed by atoms with Crippen molar-refractivity contribution in [3.05, 3.63) is 30.4 Å². The third-order valence-electron chi connectivity index (χ3n) is 1.65. The van der Waals surface area contributed by atoms with Crippen LogP contribution in [0.2, 0.25) is 0 Å². The Bertz CT molecular complexity index is 378. The van der Waals surface area contributed by atoms with Crippen LogP contribution >= 0.6 is 0 Å².